The van der Waals surface area contributed by atoms with Crippen LogP contribution in [-0.4, -0.2) is 0 Å². The van der Waals surface area contributed by atoms with Gasteiger partial charge in [0, 0.05) is 0 Å². The standard InChI is InChI=1S/C15H20.2C2H6/c1-2-14-10-6-7-11-15(14)12-13-8-4-3-5-9-13;2*1-2/h3-5,8-9H,2,6-7,10-12H2,1H3;2*1-2H3. The molecule has 1 aliphatic rings. The Balaban J connectivity index is 0.000000741. The zero-order valence-electron chi connectivity index (χ0n) is 13.6. The van der Waals surface area contributed by atoms with Crippen LogP contribution in [0.4, 0.5) is 0 Å². The number of hydrogen-bond donors (Lipinski definition) is 0. The first-order valence-electron chi connectivity index (χ1n) is 8.14. The average molecular weight is 260 g/mol. The molecule has 19 heavy (non-hydrogen) atoms. The number of rotatable bonds is 3. The summed E-state index contributed by atoms with van der Waals surface area (Å²) in [5.41, 5.74) is 4.92. The fourth-order valence-corrected chi connectivity index (χ4v) is 2.51. The van der Waals surface area contributed by atoms with Crippen molar-refractivity contribution >= 4 is 0 Å². The molecule has 0 N–H and O–H groups in total. The van der Waals surface area contributed by atoms with Crippen molar-refractivity contribution in [3.8, 4) is 0 Å². The third-order valence-corrected chi connectivity index (χ3v) is 3.39. The largest absolute Gasteiger partial charge is 0.0709 e. The predicted molar refractivity (Wildman–Crippen MR) is 88.6 cm³/mol. The molecule has 0 heterocycles. The molecule has 0 aromatic heterocycles. The maximum atomic E-state index is 2.30. The Morgan fingerprint density at radius 2 is 1.32 bits per heavy atom. The maximum absolute atomic E-state index is 2.30. The predicted octanol–water partition coefficient (Wildman–Crippen LogP) is 6.56. The fourth-order valence-electron chi connectivity index (χ4n) is 2.51. The SMILES string of the molecule is CC.CC.CCC1=C(Cc2ccccc2)CCCC1. The van der Waals surface area contributed by atoms with Gasteiger partial charge in [-0.25, -0.2) is 0 Å². The molecule has 0 saturated carbocycles. The van der Waals surface area contributed by atoms with E-state index in [0.717, 1.165) is 0 Å². The van der Waals surface area contributed by atoms with Gasteiger partial charge in [-0.1, -0.05) is 76.1 Å². The van der Waals surface area contributed by atoms with E-state index < -0.39 is 0 Å². The number of allylic oxidation sites excluding steroid dienone is 2. The lowest BCUT2D eigenvalue weighted by atomic mass is 9.87. The summed E-state index contributed by atoms with van der Waals surface area (Å²) in [6, 6.07) is 10.9. The summed E-state index contributed by atoms with van der Waals surface area (Å²) in [7, 11) is 0. The van der Waals surface area contributed by atoms with Crippen LogP contribution in [0.15, 0.2) is 41.5 Å². The van der Waals surface area contributed by atoms with Crippen LogP contribution in [0.5, 0.6) is 0 Å². The van der Waals surface area contributed by atoms with E-state index in [1.165, 1.54) is 44.1 Å². The van der Waals surface area contributed by atoms with Crippen LogP contribution in [-0.2, 0) is 6.42 Å². The molecule has 0 bridgehead atoms. The van der Waals surface area contributed by atoms with Crippen LogP contribution in [0.25, 0.3) is 0 Å². The van der Waals surface area contributed by atoms with Gasteiger partial charge in [-0.15, -0.1) is 0 Å². The zero-order valence-corrected chi connectivity index (χ0v) is 13.6. The van der Waals surface area contributed by atoms with Crippen molar-refractivity contribution in [2.75, 3.05) is 0 Å². The van der Waals surface area contributed by atoms with E-state index in [2.05, 4.69) is 37.3 Å². The highest BCUT2D eigenvalue weighted by molar-refractivity contribution is 5.26. The fraction of sp³-hybridized carbons (Fsp3) is 0.579. The minimum absolute atomic E-state index is 1.18. The summed E-state index contributed by atoms with van der Waals surface area (Å²) in [4.78, 5) is 0. The minimum Gasteiger partial charge on any atom is -0.0709 e. The van der Waals surface area contributed by atoms with E-state index in [1.807, 2.05) is 27.7 Å². The Hall–Kier alpha value is -1.04. The second-order valence-corrected chi connectivity index (χ2v) is 4.43. The van der Waals surface area contributed by atoms with E-state index in [1.54, 1.807) is 11.1 Å². The molecule has 0 aliphatic heterocycles. The van der Waals surface area contributed by atoms with Crippen molar-refractivity contribution < 1.29 is 0 Å². The first kappa shape index (κ1) is 18.0. The molecular formula is C19H32. The van der Waals surface area contributed by atoms with E-state index in [-0.39, 0.29) is 0 Å². The van der Waals surface area contributed by atoms with Crippen LogP contribution in [0, 0.1) is 0 Å². The molecule has 2 rings (SSSR count). The highest BCUT2D eigenvalue weighted by atomic mass is 14.2. The smallest absolute Gasteiger partial charge is 0.00644 e. The normalized spacial score (nSPS) is 13.9. The van der Waals surface area contributed by atoms with Crippen molar-refractivity contribution in [1.82, 2.24) is 0 Å². The van der Waals surface area contributed by atoms with Crippen molar-refractivity contribution in [2.45, 2.75) is 73.1 Å². The Kier molecular flexibility index (Phi) is 11.4. The van der Waals surface area contributed by atoms with Crippen LogP contribution in [0.1, 0.15) is 72.3 Å². The molecule has 0 atom stereocenters. The van der Waals surface area contributed by atoms with Crippen LogP contribution >= 0.6 is 0 Å². The first-order chi connectivity index (χ1) is 9.40. The molecule has 0 heteroatoms. The van der Waals surface area contributed by atoms with Gasteiger partial charge in [0.25, 0.3) is 0 Å². The van der Waals surface area contributed by atoms with Gasteiger partial charge in [-0.2, -0.15) is 0 Å². The molecule has 0 radical (unpaired) electrons. The third-order valence-electron chi connectivity index (χ3n) is 3.39. The molecule has 0 nitrogen and oxygen atoms in total. The molecule has 0 amide bonds. The van der Waals surface area contributed by atoms with Gasteiger partial charge in [0.2, 0.25) is 0 Å². The Morgan fingerprint density at radius 3 is 1.84 bits per heavy atom. The molecule has 0 fully saturated rings. The Labute approximate surface area is 120 Å². The van der Waals surface area contributed by atoms with Crippen molar-refractivity contribution in [3.63, 3.8) is 0 Å². The van der Waals surface area contributed by atoms with E-state index in [4.69, 9.17) is 0 Å². The molecule has 1 aromatic carbocycles. The summed E-state index contributed by atoms with van der Waals surface area (Å²) in [5, 5.41) is 0. The van der Waals surface area contributed by atoms with E-state index >= 15 is 0 Å². The van der Waals surface area contributed by atoms with Gasteiger partial charge in [0.1, 0.15) is 0 Å². The molecule has 0 spiro atoms. The summed E-state index contributed by atoms with van der Waals surface area (Å²) in [5.74, 6) is 0. The average Bonchev–Trinajstić information content (AvgIpc) is 2.53. The quantitative estimate of drug-likeness (QED) is 0.540. The first-order valence-corrected chi connectivity index (χ1v) is 8.14. The second-order valence-electron chi connectivity index (χ2n) is 4.43. The lowest BCUT2D eigenvalue weighted by Crippen LogP contribution is -2.02. The Morgan fingerprint density at radius 1 is 0.789 bits per heavy atom. The highest BCUT2D eigenvalue weighted by Gasteiger charge is 2.11. The van der Waals surface area contributed by atoms with Crippen LogP contribution < -0.4 is 0 Å². The molecule has 0 saturated heterocycles. The van der Waals surface area contributed by atoms with E-state index in [9.17, 15) is 0 Å². The van der Waals surface area contributed by atoms with Crippen molar-refractivity contribution in [3.05, 3.63) is 47.0 Å². The van der Waals surface area contributed by atoms with Crippen molar-refractivity contribution in [2.24, 2.45) is 0 Å². The molecule has 108 valence electrons. The number of hydrogen-bond acceptors (Lipinski definition) is 0. The van der Waals surface area contributed by atoms with Gasteiger partial charge in [-0.3, -0.25) is 0 Å². The third kappa shape index (κ3) is 6.61. The van der Waals surface area contributed by atoms with Gasteiger partial charge < -0.3 is 0 Å². The zero-order chi connectivity index (χ0) is 14.5. The molecule has 0 unspecified atom stereocenters. The van der Waals surface area contributed by atoms with Gasteiger partial charge in [0.15, 0.2) is 0 Å². The van der Waals surface area contributed by atoms with Gasteiger partial charge in [0.05, 0.1) is 0 Å². The molecule has 1 aliphatic carbocycles. The maximum Gasteiger partial charge on any atom is -0.00644 e. The molecular weight excluding hydrogens is 228 g/mol. The second kappa shape index (κ2) is 12.0. The van der Waals surface area contributed by atoms with E-state index in [0.29, 0.717) is 0 Å². The van der Waals surface area contributed by atoms with Gasteiger partial charge in [-0.05, 0) is 44.1 Å². The summed E-state index contributed by atoms with van der Waals surface area (Å²) >= 11 is 0. The van der Waals surface area contributed by atoms with Crippen LogP contribution in [0.2, 0.25) is 0 Å². The van der Waals surface area contributed by atoms with Crippen LogP contribution in [0.3, 0.4) is 0 Å². The van der Waals surface area contributed by atoms with Crippen molar-refractivity contribution in [1.29, 1.82) is 0 Å². The summed E-state index contributed by atoms with van der Waals surface area (Å²) < 4.78 is 0. The Bertz CT molecular complexity index is 332. The summed E-state index contributed by atoms with van der Waals surface area (Å²) in [6.45, 7) is 10.3. The lowest BCUT2D eigenvalue weighted by molar-refractivity contribution is 0.643. The highest BCUT2D eigenvalue weighted by Crippen LogP contribution is 2.29. The van der Waals surface area contributed by atoms with Gasteiger partial charge >= 0.3 is 0 Å². The molecule has 1 aromatic rings. The minimum atomic E-state index is 1.18. The topological polar surface area (TPSA) is 0 Å². The number of benzene rings is 1. The summed E-state index contributed by atoms with van der Waals surface area (Å²) in [6.07, 6.45) is 7.91. The monoisotopic (exact) mass is 260 g/mol. The lowest BCUT2D eigenvalue weighted by Gasteiger charge is -2.19.